The van der Waals surface area contributed by atoms with Crippen molar-refractivity contribution in [1.29, 1.82) is 0 Å². The van der Waals surface area contributed by atoms with Gasteiger partial charge in [-0.25, -0.2) is 0 Å². The Morgan fingerprint density at radius 3 is 1.27 bits per heavy atom. The molecule has 2 aliphatic heterocycles. The Bertz CT molecular complexity index is 1460. The van der Waals surface area contributed by atoms with Gasteiger partial charge in [-0.2, -0.15) is 0 Å². The van der Waals surface area contributed by atoms with Crippen LogP contribution in [0.3, 0.4) is 0 Å². The lowest BCUT2D eigenvalue weighted by molar-refractivity contribution is -0.388. The molecular formula is C30H32N6O8S. The van der Waals surface area contributed by atoms with E-state index in [0.29, 0.717) is 63.5 Å². The van der Waals surface area contributed by atoms with Gasteiger partial charge in [0.15, 0.2) is 0 Å². The smallest absolute Gasteiger partial charge is 0.283 e. The van der Waals surface area contributed by atoms with Crippen LogP contribution in [0.1, 0.15) is 25.0 Å². The number of carbonyl (C=O) groups is 4. The average molecular weight is 637 g/mol. The van der Waals surface area contributed by atoms with Crippen molar-refractivity contribution in [3.05, 3.63) is 79.9 Å². The van der Waals surface area contributed by atoms with Gasteiger partial charge in [0.05, 0.1) is 19.6 Å². The number of hydrogen-bond acceptors (Lipinski definition) is 9. The molecule has 2 aromatic carbocycles. The normalized spacial score (nSPS) is 15.5. The summed E-state index contributed by atoms with van der Waals surface area (Å²) in [6.07, 6.45) is 5.58. The zero-order valence-corrected chi connectivity index (χ0v) is 25.6. The van der Waals surface area contributed by atoms with E-state index in [4.69, 9.17) is 0 Å². The fraction of sp³-hybridized carbons (Fsp3) is 0.333. The number of piperazine rings is 2. The Hall–Kier alpha value is -5.05. The van der Waals surface area contributed by atoms with Gasteiger partial charge in [0.25, 0.3) is 11.4 Å². The number of benzene rings is 2. The van der Waals surface area contributed by atoms with Crippen molar-refractivity contribution in [3.63, 3.8) is 0 Å². The van der Waals surface area contributed by atoms with Gasteiger partial charge < -0.3 is 19.6 Å². The SMILES string of the molecule is CC(=O)N1CCN(C(=O)/C=C/c2ccc(Sc3ccc(/C=C/C(=O)N4CCN(C(C)=O)CC4)cc3[N+](=O)[O-])c([N+](=O)[O-])c2)CC1. The summed E-state index contributed by atoms with van der Waals surface area (Å²) in [6, 6.07) is 8.70. The summed E-state index contributed by atoms with van der Waals surface area (Å²) < 4.78 is 0. The molecule has 0 radical (unpaired) electrons. The van der Waals surface area contributed by atoms with E-state index in [9.17, 15) is 39.4 Å². The number of nitrogens with zero attached hydrogens (tertiary/aromatic N) is 6. The highest BCUT2D eigenvalue weighted by Gasteiger charge is 2.24. The van der Waals surface area contributed by atoms with Crippen LogP contribution in [-0.2, 0) is 19.2 Å². The van der Waals surface area contributed by atoms with Crippen molar-refractivity contribution in [1.82, 2.24) is 19.6 Å². The first-order valence-corrected chi connectivity index (χ1v) is 14.9. The molecule has 0 aromatic heterocycles. The van der Waals surface area contributed by atoms with E-state index < -0.39 is 9.85 Å². The molecule has 15 heteroatoms. The zero-order chi connectivity index (χ0) is 32.7. The summed E-state index contributed by atoms with van der Waals surface area (Å²) in [4.78, 5) is 77.7. The molecule has 0 spiro atoms. The largest absolute Gasteiger partial charge is 0.339 e. The molecule has 2 heterocycles. The lowest BCUT2D eigenvalue weighted by Gasteiger charge is -2.33. The minimum atomic E-state index is -0.590. The van der Waals surface area contributed by atoms with E-state index in [1.54, 1.807) is 31.7 Å². The molecule has 4 rings (SSSR count). The summed E-state index contributed by atoms with van der Waals surface area (Å²) in [5.41, 5.74) is 0.255. The van der Waals surface area contributed by atoms with Gasteiger partial charge in [0, 0.05) is 90.5 Å². The van der Waals surface area contributed by atoms with Crippen LogP contribution in [0.25, 0.3) is 12.2 Å². The third-order valence-corrected chi connectivity index (χ3v) is 8.62. The topological polar surface area (TPSA) is 168 Å². The minimum Gasteiger partial charge on any atom is -0.339 e. The fourth-order valence-corrected chi connectivity index (χ4v) is 5.87. The maximum Gasteiger partial charge on any atom is 0.283 e. The lowest BCUT2D eigenvalue weighted by atomic mass is 10.2. The van der Waals surface area contributed by atoms with Crippen LogP contribution in [0.2, 0.25) is 0 Å². The second-order valence-corrected chi connectivity index (χ2v) is 11.5. The average Bonchev–Trinajstić information content (AvgIpc) is 3.03. The van der Waals surface area contributed by atoms with Gasteiger partial charge in [-0.1, -0.05) is 23.9 Å². The Labute approximate surface area is 263 Å². The number of carbonyl (C=O) groups excluding carboxylic acids is 4. The second-order valence-electron chi connectivity index (χ2n) is 10.4. The highest BCUT2D eigenvalue weighted by atomic mass is 32.2. The number of amides is 4. The van der Waals surface area contributed by atoms with Crippen molar-refractivity contribution in [2.75, 3.05) is 52.4 Å². The number of nitro groups is 2. The fourth-order valence-electron chi connectivity index (χ4n) is 4.88. The lowest BCUT2D eigenvalue weighted by Crippen LogP contribution is -2.49. The Morgan fingerprint density at radius 1 is 0.622 bits per heavy atom. The van der Waals surface area contributed by atoms with Gasteiger partial charge in [-0.05, 0) is 35.4 Å². The number of nitro benzene ring substituents is 2. The first-order valence-electron chi connectivity index (χ1n) is 14.1. The maximum atomic E-state index is 12.6. The second kappa shape index (κ2) is 14.6. The molecule has 0 N–H and O–H groups in total. The molecule has 14 nitrogen and oxygen atoms in total. The predicted molar refractivity (Wildman–Crippen MR) is 166 cm³/mol. The molecule has 236 valence electrons. The molecule has 0 atom stereocenters. The van der Waals surface area contributed by atoms with E-state index in [1.807, 2.05) is 0 Å². The minimum absolute atomic E-state index is 0.0502. The third kappa shape index (κ3) is 8.53. The quantitative estimate of drug-likeness (QED) is 0.240. The number of rotatable bonds is 8. The Morgan fingerprint density at radius 2 is 0.956 bits per heavy atom. The Kier molecular flexibility index (Phi) is 10.7. The zero-order valence-electron chi connectivity index (χ0n) is 24.8. The highest BCUT2D eigenvalue weighted by molar-refractivity contribution is 7.99. The molecule has 0 saturated carbocycles. The molecule has 2 aromatic rings. The van der Waals surface area contributed by atoms with E-state index >= 15 is 0 Å². The van der Waals surface area contributed by atoms with Crippen LogP contribution in [-0.4, -0.2) is 105 Å². The molecule has 2 fully saturated rings. The summed E-state index contributed by atoms with van der Waals surface area (Å²) in [7, 11) is 0. The van der Waals surface area contributed by atoms with Crippen LogP contribution >= 0.6 is 11.8 Å². The van der Waals surface area contributed by atoms with Crippen LogP contribution in [0, 0.1) is 20.2 Å². The molecule has 2 aliphatic rings. The summed E-state index contributed by atoms with van der Waals surface area (Å²) in [5, 5.41) is 23.8. The molecule has 45 heavy (non-hydrogen) atoms. The number of hydrogen-bond donors (Lipinski definition) is 0. The molecule has 0 unspecified atom stereocenters. The van der Waals surface area contributed by atoms with Crippen LogP contribution < -0.4 is 0 Å². The molecular weight excluding hydrogens is 604 g/mol. The van der Waals surface area contributed by atoms with Crippen molar-refractivity contribution in [2.24, 2.45) is 0 Å². The monoisotopic (exact) mass is 636 g/mol. The van der Waals surface area contributed by atoms with Crippen molar-refractivity contribution in [3.8, 4) is 0 Å². The van der Waals surface area contributed by atoms with Gasteiger partial charge >= 0.3 is 0 Å². The first kappa shape index (κ1) is 32.9. The summed E-state index contributed by atoms with van der Waals surface area (Å²) in [5.74, 6) is -0.654. The van der Waals surface area contributed by atoms with E-state index in [2.05, 4.69) is 0 Å². The molecule has 4 amide bonds. The molecule has 0 bridgehead atoms. The van der Waals surface area contributed by atoms with Crippen LogP contribution in [0.15, 0.2) is 58.3 Å². The van der Waals surface area contributed by atoms with Crippen molar-refractivity contribution >= 4 is 58.9 Å². The van der Waals surface area contributed by atoms with Gasteiger partial charge in [-0.3, -0.25) is 39.4 Å². The van der Waals surface area contributed by atoms with Crippen LogP contribution in [0.5, 0.6) is 0 Å². The molecule has 2 saturated heterocycles. The Balaban J connectivity index is 1.45. The van der Waals surface area contributed by atoms with E-state index in [0.717, 1.165) is 11.8 Å². The van der Waals surface area contributed by atoms with E-state index in [1.165, 1.54) is 62.4 Å². The van der Waals surface area contributed by atoms with Gasteiger partial charge in [0.2, 0.25) is 23.6 Å². The molecule has 0 aliphatic carbocycles. The standard InChI is InChI=1S/C30H32N6O8S/c1-21(37)31-11-15-33(16-12-31)29(39)9-5-23-3-7-27(25(19-23)35(41)42)45-28-8-4-24(20-26(28)36(43)44)6-10-30(40)34-17-13-32(14-18-34)22(2)38/h3-10,19-20H,11-18H2,1-2H3/b9-5+,10-6+. The summed E-state index contributed by atoms with van der Waals surface area (Å²) in [6.45, 7) is 6.27. The maximum absolute atomic E-state index is 12.6. The summed E-state index contributed by atoms with van der Waals surface area (Å²) >= 11 is 0.868. The highest BCUT2D eigenvalue weighted by Crippen LogP contribution is 2.40. The predicted octanol–water partition coefficient (Wildman–Crippen LogP) is 3.06. The van der Waals surface area contributed by atoms with Crippen molar-refractivity contribution < 1.29 is 29.0 Å². The van der Waals surface area contributed by atoms with E-state index in [-0.39, 0.29) is 44.8 Å². The van der Waals surface area contributed by atoms with Gasteiger partial charge in [0.1, 0.15) is 0 Å². The van der Waals surface area contributed by atoms with Gasteiger partial charge in [-0.15, -0.1) is 0 Å². The van der Waals surface area contributed by atoms with Crippen molar-refractivity contribution in [2.45, 2.75) is 23.6 Å². The van der Waals surface area contributed by atoms with Crippen LogP contribution in [0.4, 0.5) is 11.4 Å². The first-order chi connectivity index (χ1) is 21.4. The third-order valence-electron chi connectivity index (χ3n) is 7.49.